The van der Waals surface area contributed by atoms with E-state index in [0.717, 1.165) is 0 Å². The van der Waals surface area contributed by atoms with Crippen LogP contribution in [-0.2, 0) is 91.9 Å². The summed E-state index contributed by atoms with van der Waals surface area (Å²) in [5.74, 6) is 0. The molecule has 0 aliphatic rings. The molecule has 0 aromatic rings. The molecule has 0 heterocycles. The predicted molar refractivity (Wildman–Crippen MR) is 0 cm³/mol. The molecule has 0 saturated carbocycles. The molecule has 0 spiro atoms. The third-order valence-electron chi connectivity index (χ3n) is 0. The van der Waals surface area contributed by atoms with E-state index in [-0.39, 0.29) is 91.9 Å². The van der Waals surface area contributed by atoms with Crippen molar-refractivity contribution in [2.75, 3.05) is 0 Å². The molecule has 0 nitrogen and oxygen atoms in total. The Morgan fingerprint density at radius 3 is 0.600 bits per heavy atom. The van der Waals surface area contributed by atoms with Crippen LogP contribution in [-0.4, -0.2) is 0 Å². The van der Waals surface area contributed by atoms with Crippen LogP contribution in [0.1, 0.15) is 0 Å². The SMILES string of the molecule is [Co].[Mo].[Mo].[Ni].[Ni]. The van der Waals surface area contributed by atoms with Crippen LogP contribution >= 0.6 is 0 Å². The molecule has 0 N–H and O–H groups in total. The maximum Gasteiger partial charge on any atom is 0 e. The van der Waals surface area contributed by atoms with E-state index < -0.39 is 0 Å². The summed E-state index contributed by atoms with van der Waals surface area (Å²) in [6.45, 7) is 0. The summed E-state index contributed by atoms with van der Waals surface area (Å²) in [7, 11) is 0. The second-order valence-electron chi connectivity index (χ2n) is 0. The zero-order valence-electron chi connectivity index (χ0n) is 1.78. The van der Waals surface area contributed by atoms with E-state index in [9.17, 15) is 0 Å². The maximum absolute atomic E-state index is 0. The second-order valence-corrected chi connectivity index (χ2v) is 0. The normalized spacial score (nSPS) is 0. The van der Waals surface area contributed by atoms with E-state index in [1.54, 1.807) is 0 Å². The van der Waals surface area contributed by atoms with E-state index in [0.29, 0.717) is 0 Å². The smallest absolute Gasteiger partial charge is 0 e. The van der Waals surface area contributed by atoms with Crippen LogP contribution in [0.15, 0.2) is 0 Å². The Balaban J connectivity index is 0. The van der Waals surface area contributed by atoms with Crippen LogP contribution in [0, 0.1) is 0 Å². The average Bonchev–Trinajstić information content (AvgIpc) is 0. The summed E-state index contributed by atoms with van der Waals surface area (Å²) in [6, 6.07) is 0. The fourth-order valence-electron chi connectivity index (χ4n) is 0. The molecular weight excluding hydrogens is 368 g/mol. The van der Waals surface area contributed by atoms with Crippen molar-refractivity contribution in [3.8, 4) is 0 Å². The van der Waals surface area contributed by atoms with E-state index in [4.69, 9.17) is 0 Å². The summed E-state index contributed by atoms with van der Waals surface area (Å²) in [5, 5.41) is 0. The molecule has 0 unspecified atom stereocenters. The molecule has 0 aliphatic heterocycles. The maximum atomic E-state index is 0. The molecule has 5 heavy (non-hydrogen) atoms. The van der Waals surface area contributed by atoms with E-state index in [2.05, 4.69) is 0 Å². The van der Waals surface area contributed by atoms with Gasteiger partial charge >= 0.3 is 0 Å². The summed E-state index contributed by atoms with van der Waals surface area (Å²) >= 11 is 0. The second kappa shape index (κ2) is 28.7. The zero-order chi connectivity index (χ0) is 0. The molecule has 0 atom stereocenters. The molecule has 0 fully saturated rings. The van der Waals surface area contributed by atoms with Crippen molar-refractivity contribution in [1.82, 2.24) is 0 Å². The van der Waals surface area contributed by atoms with Crippen molar-refractivity contribution in [3.63, 3.8) is 0 Å². The molecule has 0 bridgehead atoms. The first kappa shape index (κ1) is 45.1. The Labute approximate surface area is 90.6 Å². The van der Waals surface area contributed by atoms with Gasteiger partial charge in [-0.2, -0.15) is 0 Å². The van der Waals surface area contributed by atoms with Gasteiger partial charge in [0.2, 0.25) is 0 Å². The molecule has 0 amide bonds. The molecule has 41 valence electrons. The molecule has 1 radical (unpaired) electrons. The Kier molecular flexibility index (Phi) is 259. The van der Waals surface area contributed by atoms with Crippen molar-refractivity contribution in [1.29, 1.82) is 0 Å². The van der Waals surface area contributed by atoms with Gasteiger partial charge in [-0.05, 0) is 0 Å². The third kappa shape index (κ3) is 19.8. The Morgan fingerprint density at radius 1 is 0.600 bits per heavy atom. The van der Waals surface area contributed by atoms with Gasteiger partial charge in [-0.1, -0.05) is 0 Å². The number of hydrogen-bond donors (Lipinski definition) is 0. The van der Waals surface area contributed by atoms with Crippen molar-refractivity contribution in [3.05, 3.63) is 0 Å². The topological polar surface area (TPSA) is 0 Å². The monoisotopic (exact) mass is 371 g/mol. The Hall–Kier alpha value is 2.87. The van der Waals surface area contributed by atoms with Crippen LogP contribution in [0.25, 0.3) is 0 Å². The first-order valence-electron chi connectivity index (χ1n) is 0. The van der Waals surface area contributed by atoms with Crippen LogP contribution in [0.4, 0.5) is 0 Å². The molecule has 5 heteroatoms. The van der Waals surface area contributed by atoms with Gasteiger partial charge in [-0.3, -0.25) is 0 Å². The third-order valence-corrected chi connectivity index (χ3v) is 0. The summed E-state index contributed by atoms with van der Waals surface area (Å²) in [6.07, 6.45) is 0. The average molecular weight is 368 g/mol. The van der Waals surface area contributed by atoms with Crippen LogP contribution in [0.3, 0.4) is 0 Å². The van der Waals surface area contributed by atoms with Gasteiger partial charge < -0.3 is 0 Å². The van der Waals surface area contributed by atoms with E-state index in [1.165, 1.54) is 0 Å². The van der Waals surface area contributed by atoms with Crippen molar-refractivity contribution < 1.29 is 91.9 Å². The zero-order valence-corrected chi connectivity index (χ0v) is 8.81. The Bertz CT molecular complexity index is 7.61. The van der Waals surface area contributed by atoms with Crippen LogP contribution in [0.2, 0.25) is 0 Å². The van der Waals surface area contributed by atoms with Gasteiger partial charge in [0.1, 0.15) is 0 Å². The fraction of sp³-hybridized carbons (Fsp3) is 0. The minimum absolute atomic E-state index is 0. The molecule has 0 rings (SSSR count). The van der Waals surface area contributed by atoms with Crippen LogP contribution in [0.5, 0.6) is 0 Å². The van der Waals surface area contributed by atoms with Gasteiger partial charge in [0.05, 0.1) is 0 Å². The standard InChI is InChI=1S/Co.2Mo.2Ni. The van der Waals surface area contributed by atoms with Gasteiger partial charge in [0.15, 0.2) is 0 Å². The fourth-order valence-corrected chi connectivity index (χ4v) is 0. The molecule has 0 aromatic carbocycles. The van der Waals surface area contributed by atoms with Gasteiger partial charge in [-0.15, -0.1) is 0 Å². The quantitative estimate of drug-likeness (QED) is 0.528. The first-order chi connectivity index (χ1) is 0. The minimum Gasteiger partial charge on any atom is 0 e. The molecule has 0 aliphatic carbocycles. The predicted octanol–water partition coefficient (Wildman–Crippen LogP) is -0.0125. The van der Waals surface area contributed by atoms with Gasteiger partial charge in [-0.25, -0.2) is 0 Å². The van der Waals surface area contributed by atoms with E-state index in [1.807, 2.05) is 0 Å². The summed E-state index contributed by atoms with van der Waals surface area (Å²) < 4.78 is 0. The van der Waals surface area contributed by atoms with Crippen molar-refractivity contribution in [2.45, 2.75) is 0 Å². The number of rotatable bonds is 0. The van der Waals surface area contributed by atoms with Crippen molar-refractivity contribution >= 4 is 0 Å². The largest absolute Gasteiger partial charge is 0 e. The van der Waals surface area contributed by atoms with Crippen LogP contribution < -0.4 is 0 Å². The Morgan fingerprint density at radius 2 is 0.600 bits per heavy atom. The molecular formula is CoMo2Ni2. The van der Waals surface area contributed by atoms with E-state index >= 15 is 0 Å². The number of hydrogen-bond acceptors (Lipinski definition) is 0. The molecule has 0 saturated heterocycles. The minimum atomic E-state index is 0. The molecule has 0 aromatic heterocycles. The summed E-state index contributed by atoms with van der Waals surface area (Å²) in [4.78, 5) is 0. The van der Waals surface area contributed by atoms with Gasteiger partial charge in [0.25, 0.3) is 0 Å². The van der Waals surface area contributed by atoms with Gasteiger partial charge in [0, 0.05) is 91.9 Å². The first-order valence-corrected chi connectivity index (χ1v) is 0. The summed E-state index contributed by atoms with van der Waals surface area (Å²) in [5.41, 5.74) is 0. The van der Waals surface area contributed by atoms with Crippen molar-refractivity contribution in [2.24, 2.45) is 0 Å².